The van der Waals surface area contributed by atoms with Crippen LogP contribution in [0.2, 0.25) is 0 Å². The molecule has 1 aromatic heterocycles. The van der Waals surface area contributed by atoms with Crippen molar-refractivity contribution >= 4 is 22.6 Å². The molecule has 5 heteroatoms. The minimum atomic E-state index is -0.944. The lowest BCUT2D eigenvalue weighted by Gasteiger charge is -2.28. The first-order valence-corrected chi connectivity index (χ1v) is 6.99. The highest BCUT2D eigenvalue weighted by Crippen LogP contribution is 2.21. The van der Waals surface area contributed by atoms with Crippen LogP contribution in [0, 0.1) is 0 Å². The molecule has 0 fully saturated rings. The number of nitrogens with two attached hydrogens (primary N) is 1. The van der Waals surface area contributed by atoms with Gasteiger partial charge in [-0.1, -0.05) is 18.2 Å². The first-order valence-electron chi connectivity index (χ1n) is 6.99. The summed E-state index contributed by atoms with van der Waals surface area (Å²) in [6.45, 7) is 6.03. The fraction of sp³-hybridized carbons (Fsp3) is 0.375. The maximum Gasteiger partial charge on any atom is 0.254 e. The van der Waals surface area contributed by atoms with E-state index in [4.69, 9.17) is 5.73 Å². The average molecular weight is 287 g/mol. The summed E-state index contributed by atoms with van der Waals surface area (Å²) in [5.41, 5.74) is 6.07. The maximum absolute atomic E-state index is 12.8. The number of fused-ring (bicyclic) bond motifs is 1. The standard InChI is InChI=1S/C16H21N3O2/c1-4-19(10-16(2,3)21)15(20)12-9-14(17)18-13-8-6-5-7-11(12)13/h5-9,21H,4,10H2,1-3H3,(H2,17,18). The van der Waals surface area contributed by atoms with E-state index in [2.05, 4.69) is 4.98 Å². The molecule has 21 heavy (non-hydrogen) atoms. The van der Waals surface area contributed by atoms with Gasteiger partial charge in [-0.25, -0.2) is 4.98 Å². The normalized spacial score (nSPS) is 11.6. The van der Waals surface area contributed by atoms with E-state index in [0.717, 1.165) is 5.39 Å². The highest BCUT2D eigenvalue weighted by atomic mass is 16.3. The number of pyridine rings is 1. The van der Waals surface area contributed by atoms with Crippen LogP contribution in [-0.2, 0) is 0 Å². The van der Waals surface area contributed by atoms with Crippen LogP contribution in [-0.4, -0.2) is 39.6 Å². The average Bonchev–Trinajstić information content (AvgIpc) is 2.42. The Labute approximate surface area is 124 Å². The van der Waals surface area contributed by atoms with Crippen molar-refractivity contribution in [2.75, 3.05) is 18.8 Å². The van der Waals surface area contributed by atoms with Gasteiger partial charge in [0, 0.05) is 18.5 Å². The molecule has 0 radical (unpaired) electrons. The fourth-order valence-electron chi connectivity index (χ4n) is 2.34. The van der Waals surface area contributed by atoms with Crippen LogP contribution in [0.1, 0.15) is 31.1 Å². The second-order valence-corrected chi connectivity index (χ2v) is 5.74. The Morgan fingerprint density at radius 1 is 1.38 bits per heavy atom. The highest BCUT2D eigenvalue weighted by Gasteiger charge is 2.23. The molecule has 112 valence electrons. The van der Waals surface area contributed by atoms with Crippen molar-refractivity contribution in [1.29, 1.82) is 0 Å². The van der Waals surface area contributed by atoms with Gasteiger partial charge in [-0.15, -0.1) is 0 Å². The zero-order valence-electron chi connectivity index (χ0n) is 12.6. The van der Waals surface area contributed by atoms with Crippen LogP contribution in [0.5, 0.6) is 0 Å². The third-order valence-electron chi connectivity index (χ3n) is 3.21. The molecule has 1 heterocycles. The van der Waals surface area contributed by atoms with E-state index in [9.17, 15) is 9.90 Å². The van der Waals surface area contributed by atoms with Gasteiger partial charge < -0.3 is 15.7 Å². The zero-order chi connectivity index (χ0) is 15.6. The number of rotatable bonds is 4. The largest absolute Gasteiger partial charge is 0.389 e. The summed E-state index contributed by atoms with van der Waals surface area (Å²) < 4.78 is 0. The number of carbonyl (C=O) groups excluding carboxylic acids is 1. The number of para-hydroxylation sites is 1. The van der Waals surface area contributed by atoms with Crippen LogP contribution in [0.3, 0.4) is 0 Å². The SMILES string of the molecule is CCN(CC(C)(C)O)C(=O)c1cc(N)nc2ccccc12. The van der Waals surface area contributed by atoms with Gasteiger partial charge in [0.25, 0.3) is 5.91 Å². The van der Waals surface area contributed by atoms with Crippen LogP contribution in [0.25, 0.3) is 10.9 Å². The van der Waals surface area contributed by atoms with Crippen molar-refractivity contribution in [3.05, 3.63) is 35.9 Å². The lowest BCUT2D eigenvalue weighted by molar-refractivity contribution is 0.0316. The van der Waals surface area contributed by atoms with E-state index in [1.54, 1.807) is 24.8 Å². The number of nitrogens with zero attached hydrogens (tertiary/aromatic N) is 2. The van der Waals surface area contributed by atoms with Gasteiger partial charge in [-0.3, -0.25) is 4.79 Å². The molecule has 5 nitrogen and oxygen atoms in total. The molecule has 0 aliphatic carbocycles. The van der Waals surface area contributed by atoms with E-state index in [-0.39, 0.29) is 12.5 Å². The van der Waals surface area contributed by atoms with Crippen LogP contribution >= 0.6 is 0 Å². The number of anilines is 1. The Balaban J connectivity index is 2.47. The Hall–Kier alpha value is -2.14. The van der Waals surface area contributed by atoms with Crippen molar-refractivity contribution < 1.29 is 9.90 Å². The molecular weight excluding hydrogens is 266 g/mol. The Kier molecular flexibility index (Phi) is 4.14. The van der Waals surface area contributed by atoms with Gasteiger partial charge in [-0.2, -0.15) is 0 Å². The number of carbonyl (C=O) groups is 1. The number of benzene rings is 1. The number of hydrogen-bond donors (Lipinski definition) is 2. The fourth-order valence-corrected chi connectivity index (χ4v) is 2.34. The molecule has 2 rings (SSSR count). The molecule has 0 aliphatic rings. The van der Waals surface area contributed by atoms with Gasteiger partial charge in [-0.05, 0) is 32.9 Å². The third-order valence-corrected chi connectivity index (χ3v) is 3.21. The predicted octanol–water partition coefficient (Wildman–Crippen LogP) is 2.05. The lowest BCUT2D eigenvalue weighted by atomic mass is 10.1. The second kappa shape index (κ2) is 5.69. The molecule has 3 N–H and O–H groups in total. The van der Waals surface area contributed by atoms with Crippen molar-refractivity contribution in [1.82, 2.24) is 9.88 Å². The minimum absolute atomic E-state index is 0.148. The van der Waals surface area contributed by atoms with Gasteiger partial charge in [0.15, 0.2) is 0 Å². The minimum Gasteiger partial charge on any atom is -0.389 e. The molecular formula is C16H21N3O2. The van der Waals surface area contributed by atoms with E-state index >= 15 is 0 Å². The summed E-state index contributed by atoms with van der Waals surface area (Å²) in [6.07, 6.45) is 0. The molecule has 0 spiro atoms. The van der Waals surface area contributed by atoms with Gasteiger partial charge in [0.2, 0.25) is 0 Å². The number of hydrogen-bond acceptors (Lipinski definition) is 4. The number of amides is 1. The maximum atomic E-state index is 12.8. The van der Waals surface area contributed by atoms with Crippen LogP contribution in [0.15, 0.2) is 30.3 Å². The number of aromatic nitrogens is 1. The summed E-state index contributed by atoms with van der Waals surface area (Å²) in [7, 11) is 0. The first kappa shape index (κ1) is 15.3. The van der Waals surface area contributed by atoms with Crippen molar-refractivity contribution in [2.45, 2.75) is 26.4 Å². The molecule has 0 saturated heterocycles. The van der Waals surface area contributed by atoms with Gasteiger partial charge in [0.05, 0.1) is 16.7 Å². The molecule has 1 amide bonds. The Morgan fingerprint density at radius 2 is 2.05 bits per heavy atom. The topological polar surface area (TPSA) is 79.5 Å². The van der Waals surface area contributed by atoms with E-state index in [1.807, 2.05) is 31.2 Å². The molecule has 0 aliphatic heterocycles. The van der Waals surface area contributed by atoms with Crippen LogP contribution < -0.4 is 5.73 Å². The van der Waals surface area contributed by atoms with Crippen molar-refractivity contribution in [3.8, 4) is 0 Å². The monoisotopic (exact) mass is 287 g/mol. The van der Waals surface area contributed by atoms with Crippen molar-refractivity contribution in [3.63, 3.8) is 0 Å². The summed E-state index contributed by atoms with van der Waals surface area (Å²) in [6, 6.07) is 9.00. The summed E-state index contributed by atoms with van der Waals surface area (Å²) in [5.74, 6) is 0.168. The van der Waals surface area contributed by atoms with Gasteiger partial charge in [0.1, 0.15) is 5.82 Å². The summed E-state index contributed by atoms with van der Waals surface area (Å²) in [4.78, 5) is 18.6. The molecule has 0 unspecified atom stereocenters. The van der Waals surface area contributed by atoms with E-state index in [0.29, 0.717) is 23.4 Å². The van der Waals surface area contributed by atoms with Gasteiger partial charge >= 0.3 is 0 Å². The zero-order valence-corrected chi connectivity index (χ0v) is 12.6. The Bertz CT molecular complexity index is 662. The number of nitrogen functional groups attached to an aromatic ring is 1. The first-order chi connectivity index (χ1) is 9.81. The quantitative estimate of drug-likeness (QED) is 0.902. The molecule has 0 bridgehead atoms. The lowest BCUT2D eigenvalue weighted by Crippen LogP contribution is -2.42. The predicted molar refractivity (Wildman–Crippen MR) is 84.0 cm³/mol. The molecule has 2 aromatic rings. The number of likely N-dealkylation sites (N-methyl/N-ethyl adjacent to an activating group) is 1. The van der Waals surface area contributed by atoms with Crippen LogP contribution in [0.4, 0.5) is 5.82 Å². The van der Waals surface area contributed by atoms with E-state index < -0.39 is 5.60 Å². The smallest absolute Gasteiger partial charge is 0.254 e. The molecule has 0 saturated carbocycles. The summed E-state index contributed by atoms with van der Waals surface area (Å²) in [5, 5.41) is 10.7. The molecule has 1 aromatic carbocycles. The second-order valence-electron chi connectivity index (χ2n) is 5.74. The Morgan fingerprint density at radius 3 is 2.67 bits per heavy atom. The highest BCUT2D eigenvalue weighted by molar-refractivity contribution is 6.06. The van der Waals surface area contributed by atoms with E-state index in [1.165, 1.54) is 0 Å². The number of aliphatic hydroxyl groups is 1. The molecule has 0 atom stereocenters. The third kappa shape index (κ3) is 3.49. The van der Waals surface area contributed by atoms with Crippen molar-refractivity contribution in [2.24, 2.45) is 0 Å². The summed E-state index contributed by atoms with van der Waals surface area (Å²) >= 11 is 0.